The van der Waals surface area contributed by atoms with Crippen LogP contribution in [0.4, 0.5) is 11.4 Å². The smallest absolute Gasteiger partial charge is 0.315 e. The molecule has 0 spiro atoms. The lowest BCUT2D eigenvalue weighted by molar-refractivity contribution is -0.386. The molecular formula is C18H17Cl2N3O5. The zero-order valence-electron chi connectivity index (χ0n) is 14.6. The van der Waals surface area contributed by atoms with Crippen LogP contribution >= 0.6 is 23.2 Å². The summed E-state index contributed by atoms with van der Waals surface area (Å²) in [4.78, 5) is 26.6. The Bertz CT molecular complexity index is 930. The molecule has 1 aliphatic heterocycles. The molecular weight excluding hydrogens is 409 g/mol. The van der Waals surface area contributed by atoms with Crippen LogP contribution in [0.1, 0.15) is 10.4 Å². The van der Waals surface area contributed by atoms with Gasteiger partial charge in [-0.25, -0.2) is 0 Å². The lowest BCUT2D eigenvalue weighted by Crippen LogP contribution is -2.48. The summed E-state index contributed by atoms with van der Waals surface area (Å²) in [5.41, 5.74) is 0.223. The first-order chi connectivity index (χ1) is 13.3. The van der Waals surface area contributed by atoms with E-state index >= 15 is 0 Å². The summed E-state index contributed by atoms with van der Waals surface area (Å²) in [6.45, 7) is 2.62. The molecule has 0 unspecified atom stereocenters. The lowest BCUT2D eigenvalue weighted by atomic mass is 10.1. The highest BCUT2D eigenvalue weighted by molar-refractivity contribution is 6.42. The Morgan fingerprint density at radius 2 is 1.75 bits per heavy atom. The van der Waals surface area contributed by atoms with Gasteiger partial charge in [-0.15, -0.1) is 0 Å². The number of carbonyl (C=O) groups is 1. The van der Waals surface area contributed by atoms with E-state index in [0.717, 1.165) is 17.8 Å². The van der Waals surface area contributed by atoms with E-state index in [0.29, 0.717) is 36.2 Å². The van der Waals surface area contributed by atoms with Crippen LogP contribution in [0.5, 0.6) is 11.5 Å². The van der Waals surface area contributed by atoms with Crippen LogP contribution in [0, 0.1) is 10.1 Å². The molecule has 0 radical (unpaired) electrons. The number of ketones is 1. The van der Waals surface area contributed by atoms with E-state index in [1.165, 1.54) is 0 Å². The molecule has 0 saturated carbocycles. The standard InChI is InChI=1S/C18H17Cl2N3O5/c19-13-2-1-12(9-14(13)20)22-5-3-21(4-6-22)10-17(25)11-7-15(23(27)28)18(26)16(24)8-11/h1-2,7-9,24,26H,3-6,10H2. The number of nitro benzene ring substituents is 1. The summed E-state index contributed by atoms with van der Waals surface area (Å²) in [5.74, 6) is -1.92. The van der Waals surface area contributed by atoms with Gasteiger partial charge < -0.3 is 15.1 Å². The van der Waals surface area contributed by atoms with Crippen molar-refractivity contribution >= 4 is 40.4 Å². The first kappa shape index (κ1) is 20.2. The number of aromatic hydroxyl groups is 2. The van der Waals surface area contributed by atoms with Crippen molar-refractivity contribution in [1.29, 1.82) is 0 Å². The Morgan fingerprint density at radius 1 is 1.07 bits per heavy atom. The third-order valence-corrected chi connectivity index (χ3v) is 5.34. The normalized spacial score (nSPS) is 14.9. The van der Waals surface area contributed by atoms with Gasteiger partial charge >= 0.3 is 5.69 Å². The van der Waals surface area contributed by atoms with E-state index in [-0.39, 0.29) is 17.9 Å². The Balaban J connectivity index is 1.64. The number of phenolic OH excluding ortho intramolecular Hbond substituents is 2. The number of nitro groups is 1. The van der Waals surface area contributed by atoms with Crippen molar-refractivity contribution in [2.45, 2.75) is 0 Å². The predicted octanol–water partition coefficient (Wildman–Crippen LogP) is 3.32. The van der Waals surface area contributed by atoms with Gasteiger partial charge in [-0.3, -0.25) is 19.8 Å². The second-order valence-electron chi connectivity index (χ2n) is 6.40. The van der Waals surface area contributed by atoms with Crippen LogP contribution in [0.25, 0.3) is 0 Å². The highest BCUT2D eigenvalue weighted by Crippen LogP contribution is 2.36. The number of anilines is 1. The molecule has 0 amide bonds. The molecule has 2 aromatic rings. The molecule has 1 aliphatic rings. The number of rotatable bonds is 5. The number of nitrogens with zero attached hydrogens (tertiary/aromatic N) is 3. The molecule has 0 aromatic heterocycles. The molecule has 0 atom stereocenters. The molecule has 0 bridgehead atoms. The minimum absolute atomic E-state index is 0.0195. The summed E-state index contributed by atoms with van der Waals surface area (Å²) >= 11 is 12.0. The molecule has 148 valence electrons. The number of Topliss-reactive ketones (excluding diaryl/α,β-unsaturated/α-hetero) is 1. The largest absolute Gasteiger partial charge is 0.504 e. The van der Waals surface area contributed by atoms with E-state index in [1.807, 2.05) is 11.0 Å². The second-order valence-corrected chi connectivity index (χ2v) is 7.22. The Hall–Kier alpha value is -2.55. The number of benzene rings is 2. The van der Waals surface area contributed by atoms with E-state index < -0.39 is 22.1 Å². The van der Waals surface area contributed by atoms with Crippen molar-refractivity contribution in [2.75, 3.05) is 37.6 Å². The van der Waals surface area contributed by atoms with Crippen LogP contribution in [0.15, 0.2) is 30.3 Å². The Labute approximate surface area is 170 Å². The summed E-state index contributed by atoms with van der Waals surface area (Å²) in [6, 6.07) is 7.43. The van der Waals surface area contributed by atoms with Gasteiger partial charge in [-0.1, -0.05) is 23.2 Å². The maximum atomic E-state index is 12.5. The van der Waals surface area contributed by atoms with Crippen LogP contribution < -0.4 is 4.90 Å². The van der Waals surface area contributed by atoms with Crippen LogP contribution in [-0.4, -0.2) is 58.5 Å². The fourth-order valence-electron chi connectivity index (χ4n) is 3.04. The molecule has 0 aliphatic carbocycles. The number of hydrogen-bond acceptors (Lipinski definition) is 7. The third kappa shape index (κ3) is 4.30. The quantitative estimate of drug-likeness (QED) is 0.327. The summed E-state index contributed by atoms with van der Waals surface area (Å²) in [6.07, 6.45) is 0. The average Bonchev–Trinajstić information content (AvgIpc) is 2.66. The topological polar surface area (TPSA) is 107 Å². The van der Waals surface area contributed by atoms with Crippen LogP contribution in [0.2, 0.25) is 10.0 Å². The fourth-order valence-corrected chi connectivity index (χ4v) is 3.34. The maximum Gasteiger partial charge on any atom is 0.315 e. The highest BCUT2D eigenvalue weighted by atomic mass is 35.5. The van der Waals surface area contributed by atoms with Crippen LogP contribution in [-0.2, 0) is 0 Å². The Morgan fingerprint density at radius 3 is 2.36 bits per heavy atom. The molecule has 10 heteroatoms. The van der Waals surface area contributed by atoms with Gasteiger partial charge in [-0.2, -0.15) is 0 Å². The van der Waals surface area contributed by atoms with Crippen molar-refractivity contribution in [3.05, 3.63) is 56.1 Å². The summed E-state index contributed by atoms with van der Waals surface area (Å²) < 4.78 is 0. The summed E-state index contributed by atoms with van der Waals surface area (Å²) in [7, 11) is 0. The van der Waals surface area contributed by atoms with Crippen molar-refractivity contribution in [1.82, 2.24) is 4.90 Å². The Kier molecular flexibility index (Phi) is 5.93. The van der Waals surface area contributed by atoms with Gasteiger partial charge in [0.1, 0.15) is 0 Å². The van der Waals surface area contributed by atoms with Gasteiger partial charge in [0.25, 0.3) is 0 Å². The van der Waals surface area contributed by atoms with Gasteiger partial charge in [0, 0.05) is 43.5 Å². The monoisotopic (exact) mass is 425 g/mol. The lowest BCUT2D eigenvalue weighted by Gasteiger charge is -2.35. The molecule has 1 saturated heterocycles. The van der Waals surface area contributed by atoms with Crippen molar-refractivity contribution in [3.8, 4) is 11.5 Å². The van der Waals surface area contributed by atoms with E-state index in [9.17, 15) is 25.1 Å². The maximum absolute atomic E-state index is 12.5. The minimum Gasteiger partial charge on any atom is -0.504 e. The fraction of sp³-hybridized carbons (Fsp3) is 0.278. The molecule has 2 aromatic carbocycles. The number of halogens is 2. The van der Waals surface area contributed by atoms with E-state index in [1.54, 1.807) is 12.1 Å². The molecule has 8 nitrogen and oxygen atoms in total. The number of phenols is 2. The zero-order valence-corrected chi connectivity index (χ0v) is 16.2. The van der Waals surface area contributed by atoms with Crippen molar-refractivity contribution in [2.24, 2.45) is 0 Å². The predicted molar refractivity (Wildman–Crippen MR) is 106 cm³/mol. The number of piperazine rings is 1. The number of carbonyl (C=O) groups excluding carboxylic acids is 1. The SMILES string of the molecule is O=C(CN1CCN(c2ccc(Cl)c(Cl)c2)CC1)c1cc(O)c(O)c([N+](=O)[O-])c1. The molecule has 1 heterocycles. The third-order valence-electron chi connectivity index (χ3n) is 4.60. The number of hydrogen-bond donors (Lipinski definition) is 2. The minimum atomic E-state index is -0.850. The van der Waals surface area contributed by atoms with Gasteiger partial charge in [0.2, 0.25) is 5.75 Å². The van der Waals surface area contributed by atoms with E-state index in [4.69, 9.17) is 23.2 Å². The second kappa shape index (κ2) is 8.22. The average molecular weight is 426 g/mol. The van der Waals surface area contributed by atoms with Crippen LogP contribution in [0.3, 0.4) is 0 Å². The molecule has 28 heavy (non-hydrogen) atoms. The molecule has 2 N–H and O–H groups in total. The van der Waals surface area contributed by atoms with Gasteiger partial charge in [0.05, 0.1) is 21.5 Å². The van der Waals surface area contributed by atoms with Gasteiger partial charge in [-0.05, 0) is 24.3 Å². The molecule has 1 fully saturated rings. The highest BCUT2D eigenvalue weighted by Gasteiger charge is 2.24. The van der Waals surface area contributed by atoms with Crippen molar-refractivity contribution in [3.63, 3.8) is 0 Å². The first-order valence-electron chi connectivity index (χ1n) is 8.42. The van der Waals surface area contributed by atoms with Crippen molar-refractivity contribution < 1.29 is 19.9 Å². The summed E-state index contributed by atoms with van der Waals surface area (Å²) in [5, 5.41) is 31.1. The van der Waals surface area contributed by atoms with Gasteiger partial charge in [0.15, 0.2) is 11.5 Å². The molecule has 3 rings (SSSR count). The van der Waals surface area contributed by atoms with E-state index in [2.05, 4.69) is 4.90 Å². The first-order valence-corrected chi connectivity index (χ1v) is 9.18. The zero-order chi connectivity index (χ0) is 20.4.